The topological polar surface area (TPSA) is 109 Å². The maximum atomic E-state index is 12.6. The van der Waals surface area contributed by atoms with Crippen LogP contribution < -0.4 is 9.47 Å². The number of non-ortho nitro benzene ring substituents is 1. The summed E-state index contributed by atoms with van der Waals surface area (Å²) >= 11 is 7.28. The highest BCUT2D eigenvalue weighted by atomic mass is 35.5. The van der Waals surface area contributed by atoms with Gasteiger partial charge in [0, 0.05) is 30.7 Å². The number of aromatic nitrogens is 3. The van der Waals surface area contributed by atoms with Crippen molar-refractivity contribution in [3.63, 3.8) is 0 Å². The Morgan fingerprint density at radius 1 is 1.16 bits per heavy atom. The molecule has 32 heavy (non-hydrogen) atoms. The number of hydrogen-bond donors (Lipinski definition) is 0. The molecule has 0 fully saturated rings. The first-order chi connectivity index (χ1) is 15.4. The Labute approximate surface area is 193 Å². The number of Topliss-reactive ketones (excluding diaryl/α,β-unsaturated/α-hetero) is 1. The molecule has 0 saturated heterocycles. The lowest BCUT2D eigenvalue weighted by molar-refractivity contribution is -0.384. The van der Waals surface area contributed by atoms with Crippen molar-refractivity contribution in [3.05, 3.63) is 68.5 Å². The Morgan fingerprint density at radius 3 is 2.56 bits per heavy atom. The van der Waals surface area contributed by atoms with Crippen LogP contribution in [0.5, 0.6) is 11.5 Å². The molecule has 0 aliphatic rings. The van der Waals surface area contributed by atoms with Crippen LogP contribution in [0.3, 0.4) is 0 Å². The fourth-order valence-electron chi connectivity index (χ4n) is 3.10. The molecule has 0 radical (unpaired) electrons. The van der Waals surface area contributed by atoms with E-state index in [1.807, 2.05) is 29.7 Å². The predicted molar refractivity (Wildman–Crippen MR) is 121 cm³/mol. The summed E-state index contributed by atoms with van der Waals surface area (Å²) in [5, 5.41) is 20.2. The van der Waals surface area contributed by atoms with Crippen LogP contribution in [-0.4, -0.2) is 45.4 Å². The van der Waals surface area contributed by atoms with Crippen LogP contribution in [0.4, 0.5) is 5.69 Å². The number of ether oxygens (including phenoxy) is 2. The van der Waals surface area contributed by atoms with Crippen molar-refractivity contribution >= 4 is 34.8 Å². The molecule has 2 aromatic carbocycles. The largest absolute Gasteiger partial charge is 0.493 e. The smallest absolute Gasteiger partial charge is 0.270 e. The van der Waals surface area contributed by atoms with Gasteiger partial charge in [-0.3, -0.25) is 14.9 Å². The molecule has 0 bridgehead atoms. The van der Waals surface area contributed by atoms with Gasteiger partial charge in [-0.1, -0.05) is 29.4 Å². The van der Waals surface area contributed by atoms with Crippen molar-refractivity contribution in [2.45, 2.75) is 25.0 Å². The number of nitrogens with zero attached hydrogens (tertiary/aromatic N) is 4. The zero-order chi connectivity index (χ0) is 23.3. The fraction of sp³-hybridized carbons (Fsp3) is 0.286. The van der Waals surface area contributed by atoms with E-state index in [4.69, 9.17) is 21.1 Å². The maximum Gasteiger partial charge on any atom is 0.270 e. The number of hydrogen-bond acceptors (Lipinski definition) is 8. The Kier molecular flexibility index (Phi) is 7.70. The third-order valence-electron chi connectivity index (χ3n) is 4.71. The SMILES string of the molecule is CCn1c(Cc2ccc(OC)c(OC)c2)nnc1SCC(=O)c1cc([N+](=O)[O-])ccc1Cl. The molecule has 1 heterocycles. The Morgan fingerprint density at radius 2 is 1.91 bits per heavy atom. The van der Waals surface area contributed by atoms with Gasteiger partial charge in [0.2, 0.25) is 0 Å². The van der Waals surface area contributed by atoms with Gasteiger partial charge in [-0.2, -0.15) is 0 Å². The first-order valence-electron chi connectivity index (χ1n) is 9.60. The first kappa shape index (κ1) is 23.6. The molecule has 11 heteroatoms. The number of carbonyl (C=O) groups is 1. The minimum atomic E-state index is -0.561. The van der Waals surface area contributed by atoms with Crippen LogP contribution in [0.2, 0.25) is 5.02 Å². The molecule has 9 nitrogen and oxygen atoms in total. The molecule has 0 spiro atoms. The van der Waals surface area contributed by atoms with Gasteiger partial charge in [0.05, 0.1) is 29.9 Å². The highest BCUT2D eigenvalue weighted by Gasteiger charge is 2.19. The van der Waals surface area contributed by atoms with E-state index in [9.17, 15) is 14.9 Å². The van der Waals surface area contributed by atoms with E-state index in [0.717, 1.165) is 11.4 Å². The van der Waals surface area contributed by atoms with Crippen LogP contribution in [0.15, 0.2) is 41.6 Å². The average Bonchev–Trinajstić information content (AvgIpc) is 3.18. The monoisotopic (exact) mass is 476 g/mol. The number of thioether (sulfide) groups is 1. The van der Waals surface area contributed by atoms with E-state index in [0.29, 0.717) is 29.6 Å². The maximum absolute atomic E-state index is 12.6. The molecule has 0 aliphatic heterocycles. The van der Waals surface area contributed by atoms with E-state index < -0.39 is 4.92 Å². The molecule has 0 amide bonds. The second-order valence-corrected chi connectivity index (χ2v) is 7.99. The van der Waals surface area contributed by atoms with Crippen LogP contribution in [0.1, 0.15) is 28.7 Å². The van der Waals surface area contributed by atoms with Gasteiger partial charge in [-0.25, -0.2) is 0 Å². The van der Waals surface area contributed by atoms with Crippen molar-refractivity contribution in [1.29, 1.82) is 0 Å². The predicted octanol–water partition coefficient (Wildman–Crippen LogP) is 4.44. The Hall–Kier alpha value is -3.11. The van der Waals surface area contributed by atoms with Crippen LogP contribution in [-0.2, 0) is 13.0 Å². The zero-order valence-corrected chi connectivity index (χ0v) is 19.3. The summed E-state index contributed by atoms with van der Waals surface area (Å²) in [5.41, 5.74) is 0.902. The van der Waals surface area contributed by atoms with Crippen molar-refractivity contribution in [3.8, 4) is 11.5 Å². The van der Waals surface area contributed by atoms with Gasteiger partial charge >= 0.3 is 0 Å². The fourth-order valence-corrected chi connectivity index (χ4v) is 4.22. The molecule has 0 unspecified atom stereocenters. The van der Waals surface area contributed by atoms with Gasteiger partial charge in [-0.05, 0) is 30.7 Å². The summed E-state index contributed by atoms with van der Waals surface area (Å²) in [7, 11) is 3.16. The third kappa shape index (κ3) is 5.20. The lowest BCUT2D eigenvalue weighted by Gasteiger charge is -2.10. The highest BCUT2D eigenvalue weighted by Crippen LogP contribution is 2.29. The van der Waals surface area contributed by atoms with E-state index in [1.54, 1.807) is 14.2 Å². The van der Waals surface area contributed by atoms with Gasteiger partial charge in [0.15, 0.2) is 22.4 Å². The van der Waals surface area contributed by atoms with Gasteiger partial charge < -0.3 is 14.0 Å². The first-order valence-corrected chi connectivity index (χ1v) is 11.0. The minimum absolute atomic E-state index is 0.0232. The van der Waals surface area contributed by atoms with Crippen LogP contribution >= 0.6 is 23.4 Å². The van der Waals surface area contributed by atoms with Gasteiger partial charge in [-0.15, -0.1) is 10.2 Å². The number of carbonyl (C=O) groups excluding carboxylic acids is 1. The third-order valence-corrected chi connectivity index (χ3v) is 6.01. The second kappa shape index (κ2) is 10.5. The highest BCUT2D eigenvalue weighted by molar-refractivity contribution is 7.99. The average molecular weight is 477 g/mol. The summed E-state index contributed by atoms with van der Waals surface area (Å²) in [6.45, 7) is 2.58. The molecule has 0 aliphatic carbocycles. The van der Waals surface area contributed by atoms with Crippen LogP contribution in [0.25, 0.3) is 0 Å². The number of ketones is 1. The number of rotatable bonds is 10. The Bertz CT molecular complexity index is 1150. The molecule has 0 saturated carbocycles. The van der Waals surface area contributed by atoms with Crippen molar-refractivity contribution in [2.24, 2.45) is 0 Å². The number of nitro groups is 1. The molecule has 3 rings (SSSR count). The lowest BCUT2D eigenvalue weighted by atomic mass is 10.1. The number of methoxy groups -OCH3 is 2. The number of benzene rings is 2. The summed E-state index contributed by atoms with van der Waals surface area (Å²) < 4.78 is 12.5. The zero-order valence-electron chi connectivity index (χ0n) is 17.7. The molecular formula is C21H21ClN4O5S. The summed E-state index contributed by atoms with van der Waals surface area (Å²) in [6.07, 6.45) is 0.520. The lowest BCUT2D eigenvalue weighted by Crippen LogP contribution is -2.07. The summed E-state index contributed by atoms with van der Waals surface area (Å²) in [6, 6.07) is 9.45. The molecule has 0 atom stereocenters. The van der Waals surface area contributed by atoms with E-state index >= 15 is 0 Å². The van der Waals surface area contributed by atoms with E-state index in [2.05, 4.69) is 10.2 Å². The normalized spacial score (nSPS) is 10.8. The summed E-state index contributed by atoms with van der Waals surface area (Å²) in [5.74, 6) is 1.71. The molecule has 0 N–H and O–H groups in total. The molecule has 1 aromatic heterocycles. The summed E-state index contributed by atoms with van der Waals surface area (Å²) in [4.78, 5) is 23.1. The minimum Gasteiger partial charge on any atom is -0.493 e. The van der Waals surface area contributed by atoms with Crippen LogP contribution in [0, 0.1) is 10.1 Å². The standard InChI is InChI=1S/C21H21ClN4O5S/c1-4-25-20(10-13-5-8-18(30-2)19(9-13)31-3)23-24-21(25)32-12-17(27)15-11-14(26(28)29)6-7-16(15)22/h5-9,11H,4,10,12H2,1-3H3. The van der Waals surface area contributed by atoms with Crippen molar-refractivity contribution in [2.75, 3.05) is 20.0 Å². The number of nitro benzene ring substituents is 1. The van der Waals surface area contributed by atoms with Crippen molar-refractivity contribution in [1.82, 2.24) is 14.8 Å². The molecule has 168 valence electrons. The van der Waals surface area contributed by atoms with Crippen molar-refractivity contribution < 1.29 is 19.2 Å². The van der Waals surface area contributed by atoms with Gasteiger partial charge in [0.1, 0.15) is 5.82 Å². The number of halogens is 1. The quantitative estimate of drug-likeness (QED) is 0.183. The molecule has 3 aromatic rings. The molecular weight excluding hydrogens is 456 g/mol. The Balaban J connectivity index is 1.75. The van der Waals surface area contributed by atoms with E-state index in [1.165, 1.54) is 30.0 Å². The van der Waals surface area contributed by atoms with E-state index in [-0.39, 0.29) is 27.8 Å². The second-order valence-electron chi connectivity index (χ2n) is 6.64. The van der Waals surface area contributed by atoms with Gasteiger partial charge in [0.25, 0.3) is 5.69 Å².